The van der Waals surface area contributed by atoms with E-state index in [1.165, 1.54) is 0 Å². The average Bonchev–Trinajstić information content (AvgIpc) is 2.64. The first-order valence-electron chi connectivity index (χ1n) is 5.49. The molecule has 86 valence electrons. The van der Waals surface area contributed by atoms with Crippen molar-refractivity contribution in [2.75, 3.05) is 25.1 Å². The first-order chi connectivity index (χ1) is 7.70. The molecule has 0 aliphatic heterocycles. The highest BCUT2D eigenvalue weighted by Crippen LogP contribution is 2.19. The molecule has 2 N–H and O–H groups in total. The molecule has 0 saturated carbocycles. The van der Waals surface area contributed by atoms with Crippen LogP contribution in [0.4, 0.5) is 5.69 Å². The van der Waals surface area contributed by atoms with Crippen LogP contribution in [0.2, 0.25) is 0 Å². The Labute approximate surface area is 94.9 Å². The van der Waals surface area contributed by atoms with Gasteiger partial charge in [0.15, 0.2) is 0 Å². The Balaban J connectivity index is 2.24. The number of aliphatic hydroxyl groups excluding tert-OH is 1. The molecular weight excluding hydrogens is 202 g/mol. The molecule has 0 saturated heterocycles. The molecule has 1 aromatic carbocycles. The lowest BCUT2D eigenvalue weighted by Crippen LogP contribution is -2.19. The number of benzene rings is 1. The van der Waals surface area contributed by atoms with Gasteiger partial charge in [-0.05, 0) is 31.5 Å². The summed E-state index contributed by atoms with van der Waals surface area (Å²) in [6.07, 6.45) is 0.788. The first kappa shape index (κ1) is 11.0. The average molecular weight is 219 g/mol. The van der Waals surface area contributed by atoms with E-state index in [0.717, 1.165) is 35.5 Å². The number of nitrogens with zero attached hydrogens (tertiary/aromatic N) is 2. The SMILES string of the molecule is Cc1nc2ccc(N(C)CCCO)cc2[nH]1. The second-order valence-corrected chi connectivity index (χ2v) is 4.02. The van der Waals surface area contributed by atoms with Gasteiger partial charge in [-0.2, -0.15) is 0 Å². The van der Waals surface area contributed by atoms with Gasteiger partial charge in [0.25, 0.3) is 0 Å². The number of aryl methyl sites for hydroxylation is 1. The van der Waals surface area contributed by atoms with E-state index in [2.05, 4.69) is 27.0 Å². The monoisotopic (exact) mass is 219 g/mol. The zero-order valence-corrected chi connectivity index (χ0v) is 9.70. The third kappa shape index (κ3) is 2.17. The summed E-state index contributed by atoms with van der Waals surface area (Å²) in [6, 6.07) is 6.16. The van der Waals surface area contributed by atoms with Crippen molar-refractivity contribution in [2.24, 2.45) is 0 Å². The molecule has 0 fully saturated rings. The fraction of sp³-hybridized carbons (Fsp3) is 0.417. The van der Waals surface area contributed by atoms with Gasteiger partial charge < -0.3 is 15.0 Å². The number of nitrogens with one attached hydrogen (secondary N) is 1. The first-order valence-corrected chi connectivity index (χ1v) is 5.49. The molecule has 2 aromatic rings. The van der Waals surface area contributed by atoms with Gasteiger partial charge in [0.2, 0.25) is 0 Å². The molecule has 2 rings (SSSR count). The molecular formula is C12H17N3O. The molecule has 4 nitrogen and oxygen atoms in total. The lowest BCUT2D eigenvalue weighted by molar-refractivity contribution is 0.290. The second kappa shape index (κ2) is 4.53. The van der Waals surface area contributed by atoms with Gasteiger partial charge in [0, 0.05) is 25.9 Å². The summed E-state index contributed by atoms with van der Waals surface area (Å²) in [5.74, 6) is 0.935. The molecule has 0 atom stereocenters. The Kier molecular flexibility index (Phi) is 3.10. The lowest BCUT2D eigenvalue weighted by Gasteiger charge is -2.18. The van der Waals surface area contributed by atoms with Gasteiger partial charge in [-0.25, -0.2) is 4.98 Å². The maximum absolute atomic E-state index is 8.79. The van der Waals surface area contributed by atoms with Gasteiger partial charge in [-0.3, -0.25) is 0 Å². The number of H-pyrrole nitrogens is 1. The molecule has 0 unspecified atom stereocenters. The summed E-state index contributed by atoms with van der Waals surface area (Å²) in [5, 5.41) is 8.79. The fourth-order valence-electron chi connectivity index (χ4n) is 1.80. The van der Waals surface area contributed by atoms with Gasteiger partial charge in [-0.1, -0.05) is 0 Å². The van der Waals surface area contributed by atoms with E-state index in [0.29, 0.717) is 0 Å². The lowest BCUT2D eigenvalue weighted by atomic mass is 10.2. The maximum Gasteiger partial charge on any atom is 0.104 e. The predicted molar refractivity (Wildman–Crippen MR) is 65.8 cm³/mol. The van der Waals surface area contributed by atoms with Crippen molar-refractivity contribution >= 4 is 16.7 Å². The molecule has 1 heterocycles. The Hall–Kier alpha value is -1.55. The summed E-state index contributed by atoms with van der Waals surface area (Å²) in [6.45, 7) is 3.04. The third-order valence-corrected chi connectivity index (χ3v) is 2.68. The molecule has 0 radical (unpaired) electrons. The highest BCUT2D eigenvalue weighted by atomic mass is 16.3. The maximum atomic E-state index is 8.79. The van der Waals surface area contributed by atoms with Crippen LogP contribution in [0.15, 0.2) is 18.2 Å². The van der Waals surface area contributed by atoms with Gasteiger partial charge in [0.1, 0.15) is 5.82 Å². The smallest absolute Gasteiger partial charge is 0.104 e. The topological polar surface area (TPSA) is 52.1 Å². The number of hydrogen-bond donors (Lipinski definition) is 2. The van der Waals surface area contributed by atoms with E-state index in [-0.39, 0.29) is 6.61 Å². The van der Waals surface area contributed by atoms with Crippen molar-refractivity contribution < 1.29 is 5.11 Å². The Morgan fingerprint density at radius 3 is 3.00 bits per heavy atom. The fourth-order valence-corrected chi connectivity index (χ4v) is 1.80. The van der Waals surface area contributed by atoms with Gasteiger partial charge in [-0.15, -0.1) is 0 Å². The minimum absolute atomic E-state index is 0.232. The molecule has 0 bridgehead atoms. The number of aromatic amines is 1. The highest BCUT2D eigenvalue weighted by molar-refractivity contribution is 5.79. The van der Waals surface area contributed by atoms with E-state index in [9.17, 15) is 0 Å². The van der Waals surface area contributed by atoms with Crippen molar-refractivity contribution in [1.82, 2.24) is 9.97 Å². The highest BCUT2D eigenvalue weighted by Gasteiger charge is 2.04. The number of aromatic nitrogens is 2. The van der Waals surface area contributed by atoms with Crippen LogP contribution in [0.3, 0.4) is 0 Å². The molecule has 0 aliphatic carbocycles. The van der Waals surface area contributed by atoms with Crippen LogP contribution >= 0.6 is 0 Å². The van der Waals surface area contributed by atoms with Crippen molar-refractivity contribution in [2.45, 2.75) is 13.3 Å². The number of anilines is 1. The minimum atomic E-state index is 0.232. The summed E-state index contributed by atoms with van der Waals surface area (Å²) in [5.41, 5.74) is 3.20. The van der Waals surface area contributed by atoms with Crippen LogP contribution < -0.4 is 4.90 Å². The van der Waals surface area contributed by atoms with Crippen LogP contribution in [0.5, 0.6) is 0 Å². The number of aliphatic hydroxyl groups is 1. The normalized spacial score (nSPS) is 10.9. The molecule has 1 aromatic heterocycles. The van der Waals surface area contributed by atoms with E-state index < -0.39 is 0 Å². The predicted octanol–water partition coefficient (Wildman–Crippen LogP) is 1.69. The largest absolute Gasteiger partial charge is 0.396 e. The van der Waals surface area contributed by atoms with E-state index in [1.54, 1.807) is 0 Å². The molecule has 0 aliphatic rings. The summed E-state index contributed by atoms with van der Waals surface area (Å²) < 4.78 is 0. The van der Waals surface area contributed by atoms with Crippen LogP contribution in [0, 0.1) is 6.92 Å². The van der Waals surface area contributed by atoms with Crippen molar-refractivity contribution in [3.8, 4) is 0 Å². The number of imidazole rings is 1. The summed E-state index contributed by atoms with van der Waals surface area (Å²) in [7, 11) is 2.03. The van der Waals surface area contributed by atoms with E-state index >= 15 is 0 Å². The standard InChI is InChI=1S/C12H17N3O/c1-9-13-11-5-4-10(8-12(11)14-9)15(2)6-3-7-16/h4-5,8,16H,3,6-7H2,1-2H3,(H,13,14). The van der Waals surface area contributed by atoms with Crippen LogP contribution in [0.1, 0.15) is 12.2 Å². The van der Waals surface area contributed by atoms with E-state index in [4.69, 9.17) is 5.11 Å². The third-order valence-electron chi connectivity index (χ3n) is 2.68. The van der Waals surface area contributed by atoms with E-state index in [1.807, 2.05) is 20.0 Å². The van der Waals surface area contributed by atoms with Crippen molar-refractivity contribution in [3.63, 3.8) is 0 Å². The van der Waals surface area contributed by atoms with Crippen LogP contribution in [-0.4, -0.2) is 35.3 Å². The summed E-state index contributed by atoms with van der Waals surface area (Å²) in [4.78, 5) is 9.72. The van der Waals surface area contributed by atoms with Gasteiger partial charge in [0.05, 0.1) is 11.0 Å². The molecule has 0 spiro atoms. The Morgan fingerprint density at radius 2 is 2.25 bits per heavy atom. The van der Waals surface area contributed by atoms with Crippen molar-refractivity contribution in [3.05, 3.63) is 24.0 Å². The molecule has 4 heteroatoms. The zero-order valence-electron chi connectivity index (χ0n) is 9.70. The van der Waals surface area contributed by atoms with Gasteiger partial charge >= 0.3 is 0 Å². The minimum Gasteiger partial charge on any atom is -0.396 e. The number of fused-ring (bicyclic) bond motifs is 1. The van der Waals surface area contributed by atoms with Crippen molar-refractivity contribution in [1.29, 1.82) is 0 Å². The summed E-state index contributed by atoms with van der Waals surface area (Å²) >= 11 is 0. The molecule has 0 amide bonds. The van der Waals surface area contributed by atoms with Crippen LogP contribution in [-0.2, 0) is 0 Å². The second-order valence-electron chi connectivity index (χ2n) is 4.02. The quantitative estimate of drug-likeness (QED) is 0.822. The number of rotatable bonds is 4. The Morgan fingerprint density at radius 1 is 1.44 bits per heavy atom. The Bertz CT molecular complexity index is 478. The number of hydrogen-bond acceptors (Lipinski definition) is 3. The van der Waals surface area contributed by atoms with Crippen LogP contribution in [0.25, 0.3) is 11.0 Å². The molecule has 16 heavy (non-hydrogen) atoms. The zero-order chi connectivity index (χ0) is 11.5.